The largest absolute Gasteiger partial charge is 0.348 e. The molecule has 1 N–H and O–H groups in total. The summed E-state index contributed by atoms with van der Waals surface area (Å²) in [4.78, 5) is 12.4. The SMILES string of the molecule is CCCCCCCC(=O)NC1c2ccccc2CC1Br. The molecule has 0 radical (unpaired) electrons. The lowest BCUT2D eigenvalue weighted by Crippen LogP contribution is -2.31. The first kappa shape index (κ1) is 15.6. The fourth-order valence-electron chi connectivity index (χ4n) is 2.85. The van der Waals surface area contributed by atoms with Crippen molar-refractivity contribution in [3.05, 3.63) is 35.4 Å². The molecule has 1 aliphatic rings. The lowest BCUT2D eigenvalue weighted by atomic mass is 10.1. The van der Waals surface area contributed by atoms with E-state index in [9.17, 15) is 4.79 Å². The van der Waals surface area contributed by atoms with Gasteiger partial charge >= 0.3 is 0 Å². The summed E-state index contributed by atoms with van der Waals surface area (Å²) < 4.78 is 0. The number of fused-ring (bicyclic) bond motifs is 1. The lowest BCUT2D eigenvalue weighted by molar-refractivity contribution is -0.121. The average Bonchev–Trinajstić information content (AvgIpc) is 2.75. The van der Waals surface area contributed by atoms with Gasteiger partial charge in [0.05, 0.1) is 6.04 Å². The van der Waals surface area contributed by atoms with Crippen molar-refractivity contribution in [2.24, 2.45) is 0 Å². The highest BCUT2D eigenvalue weighted by atomic mass is 79.9. The van der Waals surface area contributed by atoms with Crippen LogP contribution in [0.2, 0.25) is 0 Å². The molecule has 0 heterocycles. The van der Waals surface area contributed by atoms with Gasteiger partial charge in [0.2, 0.25) is 5.91 Å². The number of carbonyl (C=O) groups is 1. The van der Waals surface area contributed by atoms with Crippen LogP contribution >= 0.6 is 15.9 Å². The van der Waals surface area contributed by atoms with E-state index in [4.69, 9.17) is 0 Å². The zero-order chi connectivity index (χ0) is 14.4. The van der Waals surface area contributed by atoms with Gasteiger partial charge in [-0.3, -0.25) is 4.79 Å². The molecule has 0 spiro atoms. The number of alkyl halides is 1. The van der Waals surface area contributed by atoms with Gasteiger partial charge in [0.25, 0.3) is 0 Å². The summed E-state index contributed by atoms with van der Waals surface area (Å²) in [6.07, 6.45) is 7.60. The van der Waals surface area contributed by atoms with E-state index in [2.05, 4.69) is 46.4 Å². The van der Waals surface area contributed by atoms with Gasteiger partial charge in [-0.25, -0.2) is 0 Å². The second-order valence-electron chi connectivity index (χ2n) is 5.63. The number of hydrogen-bond acceptors (Lipinski definition) is 1. The van der Waals surface area contributed by atoms with Crippen LogP contribution in [0.25, 0.3) is 0 Å². The van der Waals surface area contributed by atoms with Gasteiger partial charge in [0, 0.05) is 11.2 Å². The third kappa shape index (κ3) is 4.08. The Hall–Kier alpha value is -0.830. The van der Waals surface area contributed by atoms with E-state index in [0.29, 0.717) is 11.2 Å². The average molecular weight is 338 g/mol. The second-order valence-corrected chi connectivity index (χ2v) is 6.80. The van der Waals surface area contributed by atoms with Crippen molar-refractivity contribution in [2.75, 3.05) is 0 Å². The Morgan fingerprint density at radius 3 is 2.80 bits per heavy atom. The molecule has 1 amide bonds. The predicted octanol–water partition coefficient (Wildman–Crippen LogP) is 4.52. The monoisotopic (exact) mass is 337 g/mol. The van der Waals surface area contributed by atoms with Crippen molar-refractivity contribution < 1.29 is 4.79 Å². The molecule has 0 bridgehead atoms. The molecule has 0 saturated heterocycles. The Balaban J connectivity index is 1.80. The minimum atomic E-state index is 0.134. The van der Waals surface area contributed by atoms with Crippen LogP contribution in [0.5, 0.6) is 0 Å². The molecule has 1 aromatic carbocycles. The lowest BCUT2D eigenvalue weighted by Gasteiger charge is -2.17. The molecule has 3 heteroatoms. The third-order valence-electron chi connectivity index (χ3n) is 3.99. The predicted molar refractivity (Wildman–Crippen MR) is 87.1 cm³/mol. The summed E-state index contributed by atoms with van der Waals surface area (Å²) in [5.74, 6) is 0.188. The van der Waals surface area contributed by atoms with Gasteiger partial charge in [0.15, 0.2) is 0 Å². The van der Waals surface area contributed by atoms with Crippen molar-refractivity contribution in [1.82, 2.24) is 5.32 Å². The van der Waals surface area contributed by atoms with E-state index >= 15 is 0 Å². The highest BCUT2D eigenvalue weighted by molar-refractivity contribution is 9.09. The van der Waals surface area contributed by atoms with Crippen LogP contribution in [0.1, 0.15) is 62.6 Å². The van der Waals surface area contributed by atoms with E-state index in [1.807, 2.05) is 6.07 Å². The number of unbranched alkanes of at least 4 members (excludes halogenated alkanes) is 4. The van der Waals surface area contributed by atoms with Crippen LogP contribution in [-0.4, -0.2) is 10.7 Å². The molecule has 1 aromatic rings. The zero-order valence-electron chi connectivity index (χ0n) is 12.2. The van der Waals surface area contributed by atoms with Gasteiger partial charge in [-0.2, -0.15) is 0 Å². The molecule has 2 unspecified atom stereocenters. The smallest absolute Gasteiger partial charge is 0.220 e. The number of halogens is 1. The number of nitrogens with one attached hydrogen (secondary N) is 1. The van der Waals surface area contributed by atoms with Gasteiger partial charge < -0.3 is 5.32 Å². The van der Waals surface area contributed by atoms with Crippen molar-refractivity contribution >= 4 is 21.8 Å². The van der Waals surface area contributed by atoms with Gasteiger partial charge in [-0.05, 0) is 24.0 Å². The second kappa shape index (κ2) is 7.82. The van der Waals surface area contributed by atoms with Crippen LogP contribution < -0.4 is 5.32 Å². The quantitative estimate of drug-likeness (QED) is 0.575. The maximum atomic E-state index is 12.1. The van der Waals surface area contributed by atoms with Crippen LogP contribution in [0.4, 0.5) is 0 Å². The number of rotatable bonds is 7. The molecule has 2 rings (SSSR count). The Morgan fingerprint density at radius 2 is 2.00 bits per heavy atom. The molecule has 0 fully saturated rings. The minimum Gasteiger partial charge on any atom is -0.348 e. The molecular formula is C17H24BrNO. The zero-order valence-corrected chi connectivity index (χ0v) is 13.8. The van der Waals surface area contributed by atoms with Crippen LogP contribution in [0, 0.1) is 0 Å². The molecular weight excluding hydrogens is 314 g/mol. The molecule has 0 saturated carbocycles. The molecule has 2 nitrogen and oxygen atoms in total. The first-order chi connectivity index (χ1) is 9.72. The highest BCUT2D eigenvalue weighted by Gasteiger charge is 2.31. The maximum absolute atomic E-state index is 12.1. The Bertz CT molecular complexity index is 446. The van der Waals surface area contributed by atoms with E-state index < -0.39 is 0 Å². The number of benzene rings is 1. The minimum absolute atomic E-state index is 0.134. The van der Waals surface area contributed by atoms with E-state index in [1.54, 1.807) is 0 Å². The summed E-state index contributed by atoms with van der Waals surface area (Å²) in [7, 11) is 0. The van der Waals surface area contributed by atoms with E-state index in [-0.39, 0.29) is 11.9 Å². The van der Waals surface area contributed by atoms with Crippen molar-refractivity contribution in [1.29, 1.82) is 0 Å². The maximum Gasteiger partial charge on any atom is 0.220 e. The first-order valence-corrected chi connectivity index (χ1v) is 8.65. The summed E-state index contributed by atoms with van der Waals surface area (Å²) in [6.45, 7) is 2.21. The van der Waals surface area contributed by atoms with E-state index in [1.165, 1.54) is 36.8 Å². The van der Waals surface area contributed by atoms with Crippen molar-refractivity contribution in [3.63, 3.8) is 0 Å². The Kier molecular flexibility index (Phi) is 6.08. The van der Waals surface area contributed by atoms with Crippen LogP contribution in [-0.2, 0) is 11.2 Å². The standard InChI is InChI=1S/C17H24BrNO/c1-2-3-4-5-6-11-16(20)19-17-14-10-8-7-9-13(14)12-15(17)18/h7-10,15,17H,2-6,11-12H2,1H3,(H,19,20). The van der Waals surface area contributed by atoms with Gasteiger partial charge in [-0.15, -0.1) is 0 Å². The Labute approximate surface area is 130 Å². The fourth-order valence-corrected chi connectivity index (χ4v) is 3.61. The molecule has 0 aliphatic heterocycles. The van der Waals surface area contributed by atoms with Gasteiger partial charge in [-0.1, -0.05) is 72.8 Å². The van der Waals surface area contributed by atoms with Gasteiger partial charge in [0.1, 0.15) is 0 Å². The van der Waals surface area contributed by atoms with E-state index in [0.717, 1.165) is 12.8 Å². The molecule has 110 valence electrons. The van der Waals surface area contributed by atoms with Crippen molar-refractivity contribution in [2.45, 2.75) is 62.7 Å². The summed E-state index contributed by atoms with van der Waals surface area (Å²) in [5.41, 5.74) is 2.62. The summed E-state index contributed by atoms with van der Waals surface area (Å²) in [5, 5.41) is 3.19. The molecule has 20 heavy (non-hydrogen) atoms. The molecule has 0 aromatic heterocycles. The summed E-state index contributed by atoms with van der Waals surface area (Å²) >= 11 is 3.70. The Morgan fingerprint density at radius 1 is 1.25 bits per heavy atom. The molecule has 1 aliphatic carbocycles. The number of carbonyl (C=O) groups excluding carboxylic acids is 1. The summed E-state index contributed by atoms with van der Waals surface area (Å²) in [6, 6.07) is 8.53. The topological polar surface area (TPSA) is 29.1 Å². The normalized spacial score (nSPS) is 20.7. The third-order valence-corrected chi connectivity index (χ3v) is 4.84. The van der Waals surface area contributed by atoms with Crippen LogP contribution in [0.3, 0.4) is 0 Å². The van der Waals surface area contributed by atoms with Crippen LogP contribution in [0.15, 0.2) is 24.3 Å². The molecule has 2 atom stereocenters. The van der Waals surface area contributed by atoms with Crippen molar-refractivity contribution in [3.8, 4) is 0 Å². The number of amides is 1. The highest BCUT2D eigenvalue weighted by Crippen LogP contribution is 2.35. The first-order valence-electron chi connectivity index (χ1n) is 7.73. The fraction of sp³-hybridized carbons (Fsp3) is 0.588. The number of hydrogen-bond donors (Lipinski definition) is 1.